The number of rotatable bonds is 1. The molecular formula is C6H11FN2O2. The van der Waals surface area contributed by atoms with E-state index in [0.717, 1.165) is 0 Å². The molecule has 5 heteroatoms. The van der Waals surface area contributed by atoms with Crippen LogP contribution in [-0.2, 0) is 4.84 Å². The summed E-state index contributed by atoms with van der Waals surface area (Å²) in [5.74, 6) is 0. The monoisotopic (exact) mass is 162 g/mol. The maximum Gasteiger partial charge on any atom is 0.423 e. The SMILES string of the molecule is NC(=O)ON1CCC(F)CC1. The molecule has 1 saturated heterocycles. The lowest BCUT2D eigenvalue weighted by molar-refractivity contribution is -0.116. The molecule has 0 aromatic carbocycles. The number of alkyl halides is 1. The Kier molecular flexibility index (Phi) is 2.64. The molecule has 0 unspecified atom stereocenters. The van der Waals surface area contributed by atoms with Crippen LogP contribution in [0.1, 0.15) is 12.8 Å². The number of hydroxylamine groups is 2. The Labute approximate surface area is 64.1 Å². The van der Waals surface area contributed by atoms with Gasteiger partial charge < -0.3 is 10.6 Å². The van der Waals surface area contributed by atoms with Gasteiger partial charge in [-0.15, -0.1) is 5.06 Å². The Morgan fingerprint density at radius 1 is 1.55 bits per heavy atom. The van der Waals surface area contributed by atoms with E-state index < -0.39 is 12.3 Å². The lowest BCUT2D eigenvalue weighted by Crippen LogP contribution is -2.37. The van der Waals surface area contributed by atoms with E-state index >= 15 is 0 Å². The van der Waals surface area contributed by atoms with Gasteiger partial charge in [0.15, 0.2) is 0 Å². The average Bonchev–Trinajstić information content (AvgIpc) is 1.93. The maximum atomic E-state index is 12.5. The van der Waals surface area contributed by atoms with Gasteiger partial charge in [-0.2, -0.15) is 0 Å². The third kappa shape index (κ3) is 2.71. The fourth-order valence-corrected chi connectivity index (χ4v) is 1.04. The molecule has 1 amide bonds. The summed E-state index contributed by atoms with van der Waals surface area (Å²) in [5, 5.41) is 1.39. The van der Waals surface area contributed by atoms with Gasteiger partial charge in [0.05, 0.1) is 0 Å². The normalized spacial score (nSPS) is 21.5. The van der Waals surface area contributed by atoms with Crippen molar-refractivity contribution < 1.29 is 14.0 Å². The van der Waals surface area contributed by atoms with Crippen LogP contribution in [0.5, 0.6) is 0 Å². The molecule has 1 heterocycles. The molecule has 1 aliphatic heterocycles. The summed E-state index contributed by atoms with van der Waals surface area (Å²) in [5.41, 5.74) is 4.76. The van der Waals surface area contributed by atoms with Gasteiger partial charge in [0.1, 0.15) is 6.17 Å². The highest BCUT2D eigenvalue weighted by atomic mass is 19.1. The van der Waals surface area contributed by atoms with E-state index in [1.807, 2.05) is 0 Å². The molecule has 0 spiro atoms. The highest BCUT2D eigenvalue weighted by Crippen LogP contribution is 2.12. The largest absolute Gasteiger partial charge is 0.423 e. The van der Waals surface area contributed by atoms with Crippen molar-refractivity contribution in [3.8, 4) is 0 Å². The van der Waals surface area contributed by atoms with E-state index in [9.17, 15) is 9.18 Å². The Morgan fingerprint density at radius 2 is 2.09 bits per heavy atom. The first kappa shape index (κ1) is 8.26. The summed E-state index contributed by atoms with van der Waals surface area (Å²) in [6, 6.07) is 0. The van der Waals surface area contributed by atoms with Gasteiger partial charge >= 0.3 is 6.09 Å². The molecule has 11 heavy (non-hydrogen) atoms. The molecule has 0 atom stereocenters. The van der Waals surface area contributed by atoms with Crippen LogP contribution in [0, 0.1) is 0 Å². The minimum atomic E-state index is -0.831. The summed E-state index contributed by atoms with van der Waals surface area (Å²) in [7, 11) is 0. The molecule has 0 aromatic heterocycles. The Bertz CT molecular complexity index is 146. The maximum absolute atomic E-state index is 12.5. The van der Waals surface area contributed by atoms with Crippen molar-refractivity contribution in [3.05, 3.63) is 0 Å². The summed E-state index contributed by atoms with van der Waals surface area (Å²) in [6.45, 7) is 0.869. The standard InChI is InChI=1S/C6H11FN2O2/c7-5-1-3-9(4-2-5)11-6(8)10/h5H,1-4H2,(H2,8,10). The summed E-state index contributed by atoms with van der Waals surface area (Å²) in [4.78, 5) is 14.8. The second-order valence-corrected chi connectivity index (χ2v) is 2.51. The first-order chi connectivity index (χ1) is 5.18. The van der Waals surface area contributed by atoms with Crippen molar-refractivity contribution in [1.82, 2.24) is 5.06 Å². The van der Waals surface area contributed by atoms with E-state index in [1.54, 1.807) is 0 Å². The average molecular weight is 162 g/mol. The number of piperidine rings is 1. The van der Waals surface area contributed by atoms with E-state index in [1.165, 1.54) is 5.06 Å². The molecule has 2 N–H and O–H groups in total. The molecule has 0 bridgehead atoms. The summed E-state index contributed by atoms with van der Waals surface area (Å²) in [6.07, 6.45) is -0.773. The zero-order valence-electron chi connectivity index (χ0n) is 6.12. The summed E-state index contributed by atoms with van der Waals surface area (Å²) < 4.78 is 12.5. The number of nitrogens with two attached hydrogens (primary N) is 1. The molecule has 1 rings (SSSR count). The van der Waals surface area contributed by atoms with Crippen LogP contribution in [-0.4, -0.2) is 30.4 Å². The Balaban J connectivity index is 2.22. The fraction of sp³-hybridized carbons (Fsp3) is 0.833. The molecule has 4 nitrogen and oxygen atoms in total. The molecule has 0 aliphatic carbocycles. The van der Waals surface area contributed by atoms with Gasteiger partial charge in [-0.25, -0.2) is 9.18 Å². The highest BCUT2D eigenvalue weighted by Gasteiger charge is 2.20. The van der Waals surface area contributed by atoms with E-state index in [-0.39, 0.29) is 0 Å². The van der Waals surface area contributed by atoms with Gasteiger partial charge in [-0.3, -0.25) is 0 Å². The van der Waals surface area contributed by atoms with Crippen LogP contribution in [0.2, 0.25) is 0 Å². The molecule has 64 valence electrons. The first-order valence-corrected chi connectivity index (χ1v) is 3.55. The smallest absolute Gasteiger partial charge is 0.351 e. The van der Waals surface area contributed by atoms with Crippen molar-refractivity contribution in [2.45, 2.75) is 19.0 Å². The van der Waals surface area contributed by atoms with Gasteiger partial charge in [0.25, 0.3) is 0 Å². The zero-order chi connectivity index (χ0) is 8.27. The fourth-order valence-electron chi connectivity index (χ4n) is 1.04. The number of carbonyl (C=O) groups excluding carboxylic acids is 1. The molecule has 0 radical (unpaired) electrons. The molecule has 0 aromatic rings. The lowest BCUT2D eigenvalue weighted by atomic mass is 10.1. The number of halogens is 1. The van der Waals surface area contributed by atoms with Crippen LogP contribution < -0.4 is 5.73 Å². The van der Waals surface area contributed by atoms with Crippen LogP contribution in [0.4, 0.5) is 9.18 Å². The van der Waals surface area contributed by atoms with Gasteiger partial charge in [-0.05, 0) is 12.8 Å². The number of carbonyl (C=O) groups is 1. The van der Waals surface area contributed by atoms with E-state index in [4.69, 9.17) is 5.73 Å². The number of hydrogen-bond acceptors (Lipinski definition) is 3. The zero-order valence-corrected chi connectivity index (χ0v) is 6.12. The van der Waals surface area contributed by atoms with Gasteiger partial charge in [0.2, 0.25) is 0 Å². The highest BCUT2D eigenvalue weighted by molar-refractivity contribution is 5.64. The predicted octanol–water partition coefficient (Wildman–Crippen LogP) is 0.431. The van der Waals surface area contributed by atoms with Crippen molar-refractivity contribution in [3.63, 3.8) is 0 Å². The van der Waals surface area contributed by atoms with Crippen LogP contribution in [0.25, 0.3) is 0 Å². The number of amides is 1. The van der Waals surface area contributed by atoms with Gasteiger partial charge in [-0.1, -0.05) is 0 Å². The van der Waals surface area contributed by atoms with Crippen LogP contribution in [0.3, 0.4) is 0 Å². The Morgan fingerprint density at radius 3 is 2.55 bits per heavy atom. The van der Waals surface area contributed by atoms with Crippen molar-refractivity contribution >= 4 is 6.09 Å². The van der Waals surface area contributed by atoms with E-state index in [2.05, 4.69) is 4.84 Å². The number of nitrogens with zero attached hydrogens (tertiary/aromatic N) is 1. The third-order valence-electron chi connectivity index (χ3n) is 1.60. The minimum absolute atomic E-state index is 0.410. The predicted molar refractivity (Wildman–Crippen MR) is 36.4 cm³/mol. The molecular weight excluding hydrogens is 151 g/mol. The van der Waals surface area contributed by atoms with Crippen LogP contribution in [0.15, 0.2) is 0 Å². The Hall–Kier alpha value is -0.840. The number of primary amides is 1. The van der Waals surface area contributed by atoms with Crippen molar-refractivity contribution in [2.75, 3.05) is 13.1 Å². The second kappa shape index (κ2) is 3.52. The van der Waals surface area contributed by atoms with Crippen molar-refractivity contribution in [1.29, 1.82) is 0 Å². The quantitative estimate of drug-likeness (QED) is 0.608. The van der Waals surface area contributed by atoms with E-state index in [0.29, 0.717) is 25.9 Å². The van der Waals surface area contributed by atoms with Crippen molar-refractivity contribution in [2.24, 2.45) is 5.73 Å². The molecule has 1 fully saturated rings. The minimum Gasteiger partial charge on any atom is -0.351 e. The summed E-state index contributed by atoms with van der Waals surface area (Å²) >= 11 is 0. The topological polar surface area (TPSA) is 55.6 Å². The third-order valence-corrected chi connectivity index (χ3v) is 1.60. The number of hydrogen-bond donors (Lipinski definition) is 1. The first-order valence-electron chi connectivity index (χ1n) is 3.55. The molecule has 0 saturated carbocycles. The van der Waals surface area contributed by atoms with Gasteiger partial charge in [0, 0.05) is 13.1 Å². The van der Waals surface area contributed by atoms with Crippen LogP contribution >= 0.6 is 0 Å². The lowest BCUT2D eigenvalue weighted by Gasteiger charge is -2.25. The second-order valence-electron chi connectivity index (χ2n) is 2.51. The molecule has 1 aliphatic rings.